The Balaban J connectivity index is 1.68. The van der Waals surface area contributed by atoms with E-state index >= 15 is 0 Å². The van der Waals surface area contributed by atoms with Crippen LogP contribution in [0.25, 0.3) is 0 Å². The summed E-state index contributed by atoms with van der Waals surface area (Å²) in [6.45, 7) is 2.01. The van der Waals surface area contributed by atoms with E-state index in [1.165, 1.54) is 5.75 Å². The summed E-state index contributed by atoms with van der Waals surface area (Å²) in [7, 11) is 1.89. The summed E-state index contributed by atoms with van der Waals surface area (Å²) in [5, 5.41) is 3.12. The highest BCUT2D eigenvalue weighted by Crippen LogP contribution is 2.21. The summed E-state index contributed by atoms with van der Waals surface area (Å²) in [6, 6.07) is 0.422. The van der Waals surface area contributed by atoms with Crippen LogP contribution in [0.4, 0.5) is 0 Å². The molecule has 2 heterocycles. The number of carbonyl (C=O) groups is 1. The first-order valence-electron chi connectivity index (χ1n) is 5.43. The molecule has 15 heavy (non-hydrogen) atoms. The van der Waals surface area contributed by atoms with Crippen LogP contribution in [0.15, 0.2) is 0 Å². The van der Waals surface area contributed by atoms with Crippen molar-refractivity contribution in [3.63, 3.8) is 0 Å². The van der Waals surface area contributed by atoms with E-state index in [0.717, 1.165) is 25.3 Å². The van der Waals surface area contributed by atoms with Crippen LogP contribution < -0.4 is 5.32 Å². The van der Waals surface area contributed by atoms with Gasteiger partial charge in [-0.25, -0.2) is 0 Å². The molecular formula is C10H18N2O2S. The predicted octanol–water partition coefficient (Wildman–Crippen LogP) is -0.0613. The van der Waals surface area contributed by atoms with Crippen molar-refractivity contribution >= 4 is 17.7 Å². The zero-order valence-electron chi connectivity index (χ0n) is 9.07. The molecule has 2 saturated heterocycles. The van der Waals surface area contributed by atoms with E-state index in [1.807, 2.05) is 23.7 Å². The van der Waals surface area contributed by atoms with Crippen LogP contribution in [0, 0.1) is 0 Å². The number of nitrogens with zero attached hydrogens (tertiary/aromatic N) is 1. The Morgan fingerprint density at radius 2 is 2.40 bits per heavy atom. The van der Waals surface area contributed by atoms with Crippen molar-refractivity contribution in [1.82, 2.24) is 10.2 Å². The van der Waals surface area contributed by atoms with E-state index in [9.17, 15) is 4.79 Å². The van der Waals surface area contributed by atoms with E-state index in [-0.39, 0.29) is 18.6 Å². The predicted molar refractivity (Wildman–Crippen MR) is 61.1 cm³/mol. The Kier molecular flexibility index (Phi) is 3.88. The molecule has 86 valence electrons. The second kappa shape index (κ2) is 5.18. The van der Waals surface area contributed by atoms with Gasteiger partial charge in [0.1, 0.15) is 6.61 Å². The van der Waals surface area contributed by atoms with Gasteiger partial charge in [-0.3, -0.25) is 4.79 Å². The second-order valence-corrected chi connectivity index (χ2v) is 5.26. The molecule has 1 amide bonds. The number of rotatable bonds is 4. The van der Waals surface area contributed by atoms with E-state index in [0.29, 0.717) is 6.04 Å². The van der Waals surface area contributed by atoms with Crippen molar-refractivity contribution in [2.75, 3.05) is 38.2 Å². The molecule has 0 aromatic carbocycles. The number of amides is 1. The van der Waals surface area contributed by atoms with Crippen molar-refractivity contribution in [3.05, 3.63) is 0 Å². The lowest BCUT2D eigenvalue weighted by Crippen LogP contribution is -2.50. The monoisotopic (exact) mass is 230 g/mol. The minimum absolute atomic E-state index is 0.120. The topological polar surface area (TPSA) is 41.6 Å². The molecule has 1 N–H and O–H groups in total. The Hall–Kier alpha value is -0.260. The number of ether oxygens (including phenoxy) is 1. The van der Waals surface area contributed by atoms with Crippen LogP contribution in [0.2, 0.25) is 0 Å². The molecule has 2 aliphatic heterocycles. The molecule has 0 aliphatic carbocycles. The van der Waals surface area contributed by atoms with Gasteiger partial charge in [0, 0.05) is 31.9 Å². The Morgan fingerprint density at radius 1 is 1.60 bits per heavy atom. The van der Waals surface area contributed by atoms with Gasteiger partial charge in [-0.1, -0.05) is 0 Å². The average Bonchev–Trinajstić information content (AvgIpc) is 2.66. The Labute approximate surface area is 94.7 Å². The van der Waals surface area contributed by atoms with Gasteiger partial charge in [0.15, 0.2) is 0 Å². The number of hydrogen-bond donors (Lipinski definition) is 1. The molecule has 0 radical (unpaired) electrons. The third-order valence-corrected chi connectivity index (χ3v) is 4.18. The van der Waals surface area contributed by atoms with Gasteiger partial charge in [0.05, 0.1) is 6.10 Å². The van der Waals surface area contributed by atoms with Gasteiger partial charge in [-0.2, -0.15) is 11.8 Å². The Morgan fingerprint density at radius 3 is 2.93 bits per heavy atom. The molecule has 4 nitrogen and oxygen atoms in total. The average molecular weight is 230 g/mol. The van der Waals surface area contributed by atoms with Gasteiger partial charge in [-0.05, 0) is 12.2 Å². The van der Waals surface area contributed by atoms with Crippen molar-refractivity contribution in [2.45, 2.75) is 18.6 Å². The van der Waals surface area contributed by atoms with Crippen LogP contribution in [-0.2, 0) is 9.53 Å². The number of likely N-dealkylation sites (N-methyl/N-ethyl adjacent to an activating group) is 1. The molecule has 2 rings (SSSR count). The fourth-order valence-corrected chi connectivity index (χ4v) is 2.97. The first kappa shape index (κ1) is 11.2. The lowest BCUT2D eigenvalue weighted by atomic mass is 10.2. The molecule has 1 unspecified atom stereocenters. The molecule has 0 spiro atoms. The highest BCUT2D eigenvalue weighted by Gasteiger charge is 2.25. The summed E-state index contributed by atoms with van der Waals surface area (Å²) in [4.78, 5) is 13.6. The first-order valence-corrected chi connectivity index (χ1v) is 6.58. The lowest BCUT2D eigenvalue weighted by molar-refractivity contribution is -0.139. The SMILES string of the molecule is CN(C(=O)COC1CNC1)C1CCSC1. The van der Waals surface area contributed by atoms with Crippen molar-refractivity contribution < 1.29 is 9.53 Å². The normalized spacial score (nSPS) is 26.3. The van der Waals surface area contributed by atoms with Crippen molar-refractivity contribution in [1.29, 1.82) is 0 Å². The molecule has 0 aromatic rings. The first-order chi connectivity index (χ1) is 7.27. The maximum absolute atomic E-state index is 11.7. The zero-order valence-corrected chi connectivity index (χ0v) is 9.89. The van der Waals surface area contributed by atoms with Crippen molar-refractivity contribution in [3.8, 4) is 0 Å². The summed E-state index contributed by atoms with van der Waals surface area (Å²) in [5.41, 5.74) is 0. The van der Waals surface area contributed by atoms with Crippen LogP contribution in [0.1, 0.15) is 6.42 Å². The van der Waals surface area contributed by atoms with E-state index in [2.05, 4.69) is 5.32 Å². The largest absolute Gasteiger partial charge is 0.366 e. The maximum Gasteiger partial charge on any atom is 0.248 e. The van der Waals surface area contributed by atoms with Gasteiger partial charge < -0.3 is 15.0 Å². The standard InChI is InChI=1S/C10H18N2O2S/c1-12(8-2-3-15-7-8)10(13)6-14-9-4-11-5-9/h8-9,11H,2-7H2,1H3. The van der Waals surface area contributed by atoms with Gasteiger partial charge >= 0.3 is 0 Å². The number of carbonyl (C=O) groups excluding carboxylic acids is 1. The number of thioether (sulfide) groups is 1. The van der Waals surface area contributed by atoms with Gasteiger partial charge in [0.25, 0.3) is 0 Å². The number of hydrogen-bond acceptors (Lipinski definition) is 4. The van der Waals surface area contributed by atoms with Crippen molar-refractivity contribution in [2.24, 2.45) is 0 Å². The van der Waals surface area contributed by atoms with Crippen LogP contribution in [0.3, 0.4) is 0 Å². The quantitative estimate of drug-likeness (QED) is 0.734. The molecule has 0 aromatic heterocycles. The van der Waals surface area contributed by atoms with Crippen LogP contribution in [-0.4, -0.2) is 61.2 Å². The highest BCUT2D eigenvalue weighted by molar-refractivity contribution is 7.99. The minimum atomic E-state index is 0.120. The molecule has 0 saturated carbocycles. The summed E-state index contributed by atoms with van der Waals surface area (Å²) in [6.07, 6.45) is 1.37. The number of nitrogens with one attached hydrogen (secondary N) is 1. The third kappa shape index (κ3) is 2.86. The minimum Gasteiger partial charge on any atom is -0.366 e. The van der Waals surface area contributed by atoms with Crippen LogP contribution in [0.5, 0.6) is 0 Å². The maximum atomic E-state index is 11.7. The van der Waals surface area contributed by atoms with Gasteiger partial charge in [-0.15, -0.1) is 0 Å². The molecular weight excluding hydrogens is 212 g/mol. The third-order valence-electron chi connectivity index (χ3n) is 3.03. The van der Waals surface area contributed by atoms with Gasteiger partial charge in [0.2, 0.25) is 5.91 Å². The summed E-state index contributed by atoms with van der Waals surface area (Å²) in [5.74, 6) is 2.37. The smallest absolute Gasteiger partial charge is 0.248 e. The Bertz CT molecular complexity index is 227. The van der Waals surface area contributed by atoms with E-state index in [4.69, 9.17) is 4.74 Å². The highest BCUT2D eigenvalue weighted by atomic mass is 32.2. The van der Waals surface area contributed by atoms with E-state index in [1.54, 1.807) is 0 Å². The summed E-state index contributed by atoms with van der Waals surface area (Å²) < 4.78 is 5.46. The molecule has 2 aliphatic rings. The zero-order chi connectivity index (χ0) is 10.7. The second-order valence-electron chi connectivity index (χ2n) is 4.11. The molecule has 0 bridgehead atoms. The fourth-order valence-electron chi connectivity index (χ4n) is 1.70. The molecule has 2 fully saturated rings. The fraction of sp³-hybridized carbons (Fsp3) is 0.900. The lowest BCUT2D eigenvalue weighted by Gasteiger charge is -2.29. The summed E-state index contributed by atoms with van der Waals surface area (Å²) >= 11 is 1.92. The van der Waals surface area contributed by atoms with Crippen LogP contribution >= 0.6 is 11.8 Å². The molecule has 5 heteroatoms. The van der Waals surface area contributed by atoms with E-state index < -0.39 is 0 Å². The molecule has 1 atom stereocenters.